The summed E-state index contributed by atoms with van der Waals surface area (Å²) in [6.07, 6.45) is 3.21. The van der Waals surface area contributed by atoms with Gasteiger partial charge in [-0.3, -0.25) is 14.6 Å². The van der Waals surface area contributed by atoms with Gasteiger partial charge in [-0.2, -0.15) is 0 Å². The predicted molar refractivity (Wildman–Crippen MR) is 122 cm³/mol. The molecule has 8 heteroatoms. The van der Waals surface area contributed by atoms with Crippen LogP contribution in [0.4, 0.5) is 0 Å². The van der Waals surface area contributed by atoms with Gasteiger partial charge in [0.25, 0.3) is 11.7 Å². The maximum atomic E-state index is 13.1. The summed E-state index contributed by atoms with van der Waals surface area (Å²) in [7, 11) is 1.46. The number of likely N-dealkylation sites (tertiary alicyclic amines) is 1. The number of ether oxygens (including phenoxy) is 1. The summed E-state index contributed by atoms with van der Waals surface area (Å²) >= 11 is 12.3. The van der Waals surface area contributed by atoms with E-state index in [0.717, 1.165) is 5.56 Å². The number of para-hydroxylation sites is 1. The van der Waals surface area contributed by atoms with Crippen molar-refractivity contribution in [1.82, 2.24) is 9.88 Å². The van der Waals surface area contributed by atoms with Crippen molar-refractivity contribution in [2.75, 3.05) is 7.11 Å². The van der Waals surface area contributed by atoms with Crippen LogP contribution in [0, 0.1) is 0 Å². The van der Waals surface area contributed by atoms with Crippen molar-refractivity contribution in [1.29, 1.82) is 0 Å². The highest BCUT2D eigenvalue weighted by molar-refractivity contribution is 6.46. The minimum Gasteiger partial charge on any atom is -0.507 e. The van der Waals surface area contributed by atoms with Crippen molar-refractivity contribution in [2.45, 2.75) is 12.6 Å². The average molecular weight is 469 g/mol. The van der Waals surface area contributed by atoms with E-state index in [9.17, 15) is 14.7 Å². The minimum atomic E-state index is -0.872. The van der Waals surface area contributed by atoms with E-state index in [2.05, 4.69) is 4.98 Å². The van der Waals surface area contributed by atoms with E-state index < -0.39 is 17.7 Å². The molecule has 162 valence electrons. The number of aliphatic hydroxyl groups excluding tert-OH is 1. The van der Waals surface area contributed by atoms with E-state index in [1.165, 1.54) is 12.0 Å². The van der Waals surface area contributed by atoms with E-state index in [-0.39, 0.29) is 22.9 Å². The number of hydrogen-bond acceptors (Lipinski definition) is 5. The van der Waals surface area contributed by atoms with Crippen LogP contribution in [0.3, 0.4) is 0 Å². The van der Waals surface area contributed by atoms with Crippen LogP contribution < -0.4 is 4.74 Å². The first-order chi connectivity index (χ1) is 15.4. The van der Waals surface area contributed by atoms with E-state index in [0.29, 0.717) is 21.9 Å². The number of halogens is 2. The lowest BCUT2D eigenvalue weighted by atomic mass is 9.95. The van der Waals surface area contributed by atoms with E-state index >= 15 is 0 Å². The first-order valence-corrected chi connectivity index (χ1v) is 10.4. The quantitative estimate of drug-likeness (QED) is 0.323. The van der Waals surface area contributed by atoms with Gasteiger partial charge in [-0.05, 0) is 47.5 Å². The topological polar surface area (TPSA) is 79.7 Å². The Kier molecular flexibility index (Phi) is 6.17. The normalized spacial score (nSPS) is 17.6. The molecule has 1 aliphatic heterocycles. The molecule has 0 spiro atoms. The number of aliphatic hydroxyl groups is 1. The van der Waals surface area contributed by atoms with Crippen molar-refractivity contribution in [3.8, 4) is 5.75 Å². The lowest BCUT2D eigenvalue weighted by Gasteiger charge is -2.25. The SMILES string of the molecule is COc1ccccc1/C(O)=C1/C(=O)C(=O)N(Cc2ccncc2)C1c1ccc(Cl)c(Cl)c1. The number of amides is 1. The molecule has 2 aromatic carbocycles. The van der Waals surface area contributed by atoms with Gasteiger partial charge in [-0.25, -0.2) is 0 Å². The molecule has 0 bridgehead atoms. The smallest absolute Gasteiger partial charge is 0.295 e. The highest BCUT2D eigenvalue weighted by Gasteiger charge is 2.46. The molecular formula is C24H18Cl2N2O4. The molecule has 0 aliphatic carbocycles. The van der Waals surface area contributed by atoms with E-state index in [4.69, 9.17) is 27.9 Å². The Balaban J connectivity index is 1.91. The van der Waals surface area contributed by atoms with Crippen molar-refractivity contribution in [3.05, 3.63) is 99.3 Å². The number of carbonyl (C=O) groups is 2. The van der Waals surface area contributed by atoms with Crippen LogP contribution in [0.5, 0.6) is 5.75 Å². The van der Waals surface area contributed by atoms with Crippen LogP contribution in [0.2, 0.25) is 10.0 Å². The first-order valence-electron chi connectivity index (χ1n) is 9.68. The standard InChI is InChI=1S/C24H18Cl2N2O4/c1-32-19-5-3-2-4-16(19)22(29)20-21(15-6-7-17(25)18(26)12-15)28(24(31)23(20)30)13-14-8-10-27-11-9-14/h2-12,21,29H,13H2,1H3/b22-20-. The van der Waals surface area contributed by atoms with Gasteiger partial charge in [-0.1, -0.05) is 41.4 Å². The first kappa shape index (κ1) is 21.9. The molecule has 0 radical (unpaired) electrons. The summed E-state index contributed by atoms with van der Waals surface area (Å²) in [5.41, 5.74) is 1.59. The molecule has 32 heavy (non-hydrogen) atoms. The third kappa shape index (κ3) is 3.95. The minimum absolute atomic E-state index is 0.0491. The molecule has 2 heterocycles. The fourth-order valence-corrected chi connectivity index (χ4v) is 4.05. The van der Waals surface area contributed by atoms with Crippen LogP contribution in [-0.4, -0.2) is 33.8 Å². The monoisotopic (exact) mass is 468 g/mol. The molecule has 1 fully saturated rings. The summed E-state index contributed by atoms with van der Waals surface area (Å²) in [6, 6.07) is 14.2. The zero-order chi connectivity index (χ0) is 22.8. The third-order valence-corrected chi connectivity index (χ3v) is 6.00. The Morgan fingerprint density at radius 1 is 1.06 bits per heavy atom. The van der Waals surface area contributed by atoms with Gasteiger partial charge in [0.1, 0.15) is 11.5 Å². The maximum absolute atomic E-state index is 13.1. The van der Waals surface area contributed by atoms with Crippen LogP contribution in [0.25, 0.3) is 5.76 Å². The molecule has 1 atom stereocenters. The van der Waals surface area contributed by atoms with Gasteiger partial charge in [0.15, 0.2) is 0 Å². The van der Waals surface area contributed by atoms with Gasteiger partial charge in [0, 0.05) is 18.9 Å². The fourth-order valence-electron chi connectivity index (χ4n) is 3.74. The second kappa shape index (κ2) is 9.02. The maximum Gasteiger partial charge on any atom is 0.295 e. The summed E-state index contributed by atoms with van der Waals surface area (Å²) in [5.74, 6) is -1.47. The van der Waals surface area contributed by atoms with Gasteiger partial charge >= 0.3 is 0 Å². The van der Waals surface area contributed by atoms with Crippen LogP contribution in [0.1, 0.15) is 22.7 Å². The number of carbonyl (C=O) groups excluding carboxylic acids is 2. The van der Waals surface area contributed by atoms with Crippen molar-refractivity contribution in [3.63, 3.8) is 0 Å². The third-order valence-electron chi connectivity index (χ3n) is 5.26. The Labute approximate surface area is 194 Å². The number of aromatic nitrogens is 1. The van der Waals surface area contributed by atoms with Crippen LogP contribution in [-0.2, 0) is 16.1 Å². The highest BCUT2D eigenvalue weighted by Crippen LogP contribution is 2.42. The molecule has 1 unspecified atom stereocenters. The molecule has 4 rings (SSSR count). The number of benzene rings is 2. The van der Waals surface area contributed by atoms with Crippen molar-refractivity contribution >= 4 is 40.7 Å². The van der Waals surface area contributed by atoms with E-state index in [1.807, 2.05) is 0 Å². The molecule has 1 aromatic heterocycles. The largest absolute Gasteiger partial charge is 0.507 e. The molecule has 6 nitrogen and oxygen atoms in total. The number of nitrogens with zero attached hydrogens (tertiary/aromatic N) is 2. The zero-order valence-corrected chi connectivity index (χ0v) is 18.5. The van der Waals surface area contributed by atoms with Crippen molar-refractivity contribution in [2.24, 2.45) is 0 Å². The lowest BCUT2D eigenvalue weighted by Crippen LogP contribution is -2.29. The predicted octanol–water partition coefficient (Wildman–Crippen LogP) is 5.02. The Morgan fingerprint density at radius 2 is 1.78 bits per heavy atom. The Morgan fingerprint density at radius 3 is 2.47 bits per heavy atom. The Bertz CT molecular complexity index is 1230. The number of methoxy groups -OCH3 is 1. The zero-order valence-electron chi connectivity index (χ0n) is 17.0. The van der Waals surface area contributed by atoms with Gasteiger partial charge in [0.2, 0.25) is 0 Å². The summed E-state index contributed by atoms with van der Waals surface area (Å²) < 4.78 is 5.34. The molecule has 1 N–H and O–H groups in total. The number of pyridine rings is 1. The summed E-state index contributed by atoms with van der Waals surface area (Å²) in [4.78, 5) is 31.6. The molecule has 1 aliphatic rings. The van der Waals surface area contributed by atoms with Gasteiger partial charge in [-0.15, -0.1) is 0 Å². The lowest BCUT2D eigenvalue weighted by molar-refractivity contribution is -0.140. The van der Waals surface area contributed by atoms with Crippen LogP contribution in [0.15, 0.2) is 72.6 Å². The second-order valence-corrected chi connectivity index (χ2v) is 7.97. The summed E-state index contributed by atoms with van der Waals surface area (Å²) in [5, 5.41) is 11.8. The summed E-state index contributed by atoms with van der Waals surface area (Å²) in [6.45, 7) is 0.140. The van der Waals surface area contributed by atoms with Gasteiger partial charge < -0.3 is 14.7 Å². The number of hydrogen-bond donors (Lipinski definition) is 1. The van der Waals surface area contributed by atoms with Crippen molar-refractivity contribution < 1.29 is 19.4 Å². The molecular weight excluding hydrogens is 451 g/mol. The fraction of sp³-hybridized carbons (Fsp3) is 0.125. The molecule has 3 aromatic rings. The Hall–Kier alpha value is -3.35. The number of ketones is 1. The number of rotatable bonds is 5. The average Bonchev–Trinajstić information content (AvgIpc) is 3.06. The molecule has 0 saturated carbocycles. The molecule has 1 amide bonds. The van der Waals surface area contributed by atoms with Crippen LogP contribution >= 0.6 is 23.2 Å². The molecule has 1 saturated heterocycles. The number of Topliss-reactive ketones (excluding diaryl/α,β-unsaturated/α-hetero) is 1. The van der Waals surface area contributed by atoms with E-state index in [1.54, 1.807) is 67.0 Å². The van der Waals surface area contributed by atoms with Gasteiger partial charge in [0.05, 0.1) is 34.3 Å². The second-order valence-electron chi connectivity index (χ2n) is 7.16. The highest BCUT2D eigenvalue weighted by atomic mass is 35.5.